The maximum absolute atomic E-state index is 11.9. The average Bonchev–Trinajstić information content (AvgIpc) is 2.45. The third kappa shape index (κ3) is 3.79. The number of hydrogen-bond donors (Lipinski definition) is 1. The number of rotatable bonds is 4. The summed E-state index contributed by atoms with van der Waals surface area (Å²) in [4.78, 5) is 22.0. The summed E-state index contributed by atoms with van der Waals surface area (Å²) in [6, 6.07) is 11.1. The van der Waals surface area contributed by atoms with Gasteiger partial charge < -0.3 is 10.5 Å². The largest absolute Gasteiger partial charge is 0.457 e. The van der Waals surface area contributed by atoms with E-state index in [4.69, 9.17) is 10.5 Å². The molecule has 0 aliphatic heterocycles. The van der Waals surface area contributed by atoms with Gasteiger partial charge in [-0.1, -0.05) is 28.1 Å². The number of carbonyl (C=O) groups excluding carboxylic acids is 1. The molecule has 108 valence electrons. The molecule has 2 aromatic rings. The van der Waals surface area contributed by atoms with Gasteiger partial charge in [0.25, 0.3) is 5.69 Å². The van der Waals surface area contributed by atoms with Crippen molar-refractivity contribution in [3.05, 3.63) is 68.2 Å². The van der Waals surface area contributed by atoms with E-state index in [0.29, 0.717) is 0 Å². The van der Waals surface area contributed by atoms with Gasteiger partial charge in [0.15, 0.2) is 0 Å². The molecule has 0 fully saturated rings. The topological polar surface area (TPSA) is 95.5 Å². The Morgan fingerprint density at radius 3 is 2.71 bits per heavy atom. The number of nitro benzene ring substituents is 1. The van der Waals surface area contributed by atoms with Crippen LogP contribution in [0.25, 0.3) is 0 Å². The number of nitrogen functional groups attached to an aromatic ring is 1. The zero-order valence-corrected chi connectivity index (χ0v) is 12.4. The highest BCUT2D eigenvalue weighted by molar-refractivity contribution is 9.10. The Morgan fingerprint density at radius 2 is 2.05 bits per heavy atom. The monoisotopic (exact) mass is 350 g/mol. The summed E-state index contributed by atoms with van der Waals surface area (Å²) in [5, 5.41) is 10.8. The highest BCUT2D eigenvalue weighted by Crippen LogP contribution is 2.23. The Labute approximate surface area is 128 Å². The Bertz CT molecular complexity index is 703. The molecule has 21 heavy (non-hydrogen) atoms. The van der Waals surface area contributed by atoms with E-state index in [1.807, 2.05) is 24.3 Å². The van der Waals surface area contributed by atoms with Crippen molar-refractivity contribution >= 4 is 33.3 Å². The Kier molecular flexibility index (Phi) is 4.54. The summed E-state index contributed by atoms with van der Waals surface area (Å²) in [6.45, 7) is 0.0798. The van der Waals surface area contributed by atoms with E-state index < -0.39 is 10.9 Å². The van der Waals surface area contributed by atoms with E-state index in [2.05, 4.69) is 15.9 Å². The molecule has 0 aliphatic rings. The van der Waals surface area contributed by atoms with Crippen molar-refractivity contribution < 1.29 is 14.5 Å². The number of nitro groups is 1. The Hall–Kier alpha value is -2.41. The highest BCUT2D eigenvalue weighted by Gasteiger charge is 2.16. The van der Waals surface area contributed by atoms with Crippen LogP contribution in [0.15, 0.2) is 46.9 Å². The molecule has 0 saturated heterocycles. The van der Waals surface area contributed by atoms with Gasteiger partial charge in [0, 0.05) is 10.5 Å². The van der Waals surface area contributed by atoms with Gasteiger partial charge in [0.2, 0.25) is 0 Å². The van der Waals surface area contributed by atoms with Crippen LogP contribution in [0.3, 0.4) is 0 Å². The molecule has 2 N–H and O–H groups in total. The molecule has 0 aromatic heterocycles. The van der Waals surface area contributed by atoms with Gasteiger partial charge in [-0.15, -0.1) is 0 Å². The third-order valence-corrected chi connectivity index (χ3v) is 3.22. The van der Waals surface area contributed by atoms with Gasteiger partial charge in [-0.2, -0.15) is 0 Å². The molecular formula is C14H11BrN2O4. The van der Waals surface area contributed by atoms with Crippen molar-refractivity contribution in [2.24, 2.45) is 0 Å². The van der Waals surface area contributed by atoms with Crippen LogP contribution in [0.4, 0.5) is 11.4 Å². The van der Waals surface area contributed by atoms with Gasteiger partial charge in [0.1, 0.15) is 12.3 Å². The minimum atomic E-state index is -0.641. The number of nitrogens with zero attached hydrogens (tertiary/aromatic N) is 1. The summed E-state index contributed by atoms with van der Waals surface area (Å²) < 4.78 is 5.99. The zero-order valence-electron chi connectivity index (χ0n) is 10.8. The van der Waals surface area contributed by atoms with Gasteiger partial charge in [0.05, 0.1) is 10.5 Å². The first-order chi connectivity index (χ1) is 9.97. The average molecular weight is 351 g/mol. The van der Waals surface area contributed by atoms with Crippen LogP contribution >= 0.6 is 15.9 Å². The fourth-order valence-corrected chi connectivity index (χ4v) is 2.13. The summed E-state index contributed by atoms with van der Waals surface area (Å²) in [5.41, 5.74) is 6.06. The van der Waals surface area contributed by atoms with Gasteiger partial charge in [-0.25, -0.2) is 4.79 Å². The summed E-state index contributed by atoms with van der Waals surface area (Å²) in [5.74, 6) is -0.641. The molecule has 0 amide bonds. The van der Waals surface area contributed by atoms with E-state index in [1.54, 1.807) is 0 Å². The Morgan fingerprint density at radius 1 is 1.29 bits per heavy atom. The number of ether oxygens (including phenoxy) is 1. The lowest BCUT2D eigenvalue weighted by Gasteiger charge is -2.06. The maximum atomic E-state index is 11.9. The minimum Gasteiger partial charge on any atom is -0.457 e. The third-order valence-electron chi connectivity index (χ3n) is 2.72. The smallest absolute Gasteiger partial charge is 0.338 e. The van der Waals surface area contributed by atoms with Crippen molar-refractivity contribution in [2.75, 3.05) is 5.73 Å². The zero-order chi connectivity index (χ0) is 15.4. The number of halogens is 1. The number of benzene rings is 2. The molecule has 0 aliphatic carbocycles. The van der Waals surface area contributed by atoms with Crippen LogP contribution in [0.5, 0.6) is 0 Å². The molecule has 2 rings (SSSR count). The number of anilines is 1. The van der Waals surface area contributed by atoms with Crippen molar-refractivity contribution in [3.63, 3.8) is 0 Å². The number of esters is 1. The van der Waals surface area contributed by atoms with E-state index in [0.717, 1.165) is 16.1 Å². The first kappa shape index (κ1) is 15.0. The van der Waals surface area contributed by atoms with E-state index in [9.17, 15) is 14.9 Å². The normalized spacial score (nSPS) is 10.1. The first-order valence-corrected chi connectivity index (χ1v) is 6.72. The molecule has 0 bridgehead atoms. The second-order valence-electron chi connectivity index (χ2n) is 4.24. The molecule has 0 spiro atoms. The first-order valence-electron chi connectivity index (χ1n) is 5.93. The van der Waals surface area contributed by atoms with Gasteiger partial charge in [-0.3, -0.25) is 10.1 Å². The lowest BCUT2D eigenvalue weighted by atomic mass is 10.2. The summed E-state index contributed by atoms with van der Waals surface area (Å²) in [6.07, 6.45) is 0. The molecule has 0 saturated carbocycles. The van der Waals surface area contributed by atoms with Crippen molar-refractivity contribution in [3.8, 4) is 0 Å². The highest BCUT2D eigenvalue weighted by atomic mass is 79.9. The van der Waals surface area contributed by atoms with Crippen LogP contribution in [-0.4, -0.2) is 10.9 Å². The van der Waals surface area contributed by atoms with Crippen LogP contribution in [0.2, 0.25) is 0 Å². The van der Waals surface area contributed by atoms with E-state index >= 15 is 0 Å². The minimum absolute atomic E-state index is 0.00328. The van der Waals surface area contributed by atoms with Crippen molar-refractivity contribution in [1.29, 1.82) is 0 Å². The maximum Gasteiger partial charge on any atom is 0.338 e. The predicted molar refractivity (Wildman–Crippen MR) is 80.8 cm³/mol. The Balaban J connectivity index is 2.10. The van der Waals surface area contributed by atoms with Gasteiger partial charge in [-0.05, 0) is 29.8 Å². The van der Waals surface area contributed by atoms with Crippen LogP contribution in [-0.2, 0) is 11.3 Å². The lowest BCUT2D eigenvalue weighted by molar-refractivity contribution is -0.383. The SMILES string of the molecule is Nc1ccc(C(=O)OCc2cccc(Br)c2)cc1[N+](=O)[O-]. The standard InChI is InChI=1S/C14H11BrN2O4/c15-11-3-1-2-9(6-11)8-21-14(18)10-4-5-12(16)13(7-10)17(19)20/h1-7H,8,16H2. The van der Waals surface area contributed by atoms with Crippen molar-refractivity contribution in [2.45, 2.75) is 6.61 Å². The quantitative estimate of drug-likeness (QED) is 0.395. The van der Waals surface area contributed by atoms with Gasteiger partial charge >= 0.3 is 5.97 Å². The lowest BCUT2D eigenvalue weighted by Crippen LogP contribution is -2.06. The molecule has 0 unspecified atom stereocenters. The number of nitrogens with two attached hydrogens (primary N) is 1. The second kappa shape index (κ2) is 6.36. The summed E-state index contributed by atoms with van der Waals surface area (Å²) >= 11 is 3.32. The predicted octanol–water partition coefficient (Wildman–Crippen LogP) is 3.30. The fraction of sp³-hybridized carbons (Fsp3) is 0.0714. The van der Waals surface area contributed by atoms with E-state index in [1.165, 1.54) is 12.1 Å². The van der Waals surface area contributed by atoms with Crippen molar-refractivity contribution in [1.82, 2.24) is 0 Å². The molecular weight excluding hydrogens is 340 g/mol. The van der Waals surface area contributed by atoms with E-state index in [-0.39, 0.29) is 23.5 Å². The summed E-state index contributed by atoms with van der Waals surface area (Å²) in [7, 11) is 0. The van der Waals surface area contributed by atoms with Crippen LogP contribution in [0, 0.1) is 10.1 Å². The molecule has 6 nitrogen and oxygen atoms in total. The second-order valence-corrected chi connectivity index (χ2v) is 5.15. The fourth-order valence-electron chi connectivity index (χ4n) is 1.69. The molecule has 0 heterocycles. The number of carbonyl (C=O) groups is 1. The van der Waals surface area contributed by atoms with Crippen LogP contribution < -0.4 is 5.73 Å². The number of hydrogen-bond acceptors (Lipinski definition) is 5. The van der Waals surface area contributed by atoms with Crippen LogP contribution in [0.1, 0.15) is 15.9 Å². The molecule has 2 aromatic carbocycles. The molecule has 0 atom stereocenters. The molecule has 0 radical (unpaired) electrons. The molecule has 7 heteroatoms.